The van der Waals surface area contributed by atoms with Gasteiger partial charge in [-0.25, -0.2) is 0 Å². The van der Waals surface area contributed by atoms with Gasteiger partial charge in [0.1, 0.15) is 5.60 Å². The van der Waals surface area contributed by atoms with Crippen LogP contribution < -0.4 is 9.47 Å². The van der Waals surface area contributed by atoms with E-state index in [2.05, 4.69) is 35.0 Å². The SMILES string of the molecule is CCOc1cccc2c1OC(C)(C)[C@@H]1C[C@@H]3[C@@H](CCCN3C(=O)CCCc3cn[nH]c3)O[C@@H]21. The predicted octanol–water partition coefficient (Wildman–Crippen LogP) is 4.44. The molecule has 5 rings (SSSR count). The second kappa shape index (κ2) is 9.01. The van der Waals surface area contributed by atoms with Crippen molar-refractivity contribution in [1.29, 1.82) is 0 Å². The maximum absolute atomic E-state index is 13.2. The number of likely N-dealkylation sites (tertiary alicyclic amines) is 1. The van der Waals surface area contributed by atoms with E-state index in [-0.39, 0.29) is 30.1 Å². The van der Waals surface area contributed by atoms with E-state index < -0.39 is 5.60 Å². The lowest BCUT2D eigenvalue weighted by molar-refractivity contribution is -0.193. The highest BCUT2D eigenvalue weighted by molar-refractivity contribution is 5.76. The Balaban J connectivity index is 1.33. The number of nitrogens with one attached hydrogen (secondary N) is 1. The molecule has 0 aliphatic carbocycles. The van der Waals surface area contributed by atoms with Crippen LogP contribution in [0.5, 0.6) is 11.5 Å². The Hall–Kier alpha value is -2.54. The Morgan fingerprint density at radius 2 is 2.24 bits per heavy atom. The van der Waals surface area contributed by atoms with E-state index >= 15 is 0 Å². The second-order valence-electron chi connectivity index (χ2n) is 10.0. The monoisotopic (exact) mass is 453 g/mol. The largest absolute Gasteiger partial charge is 0.490 e. The molecule has 2 saturated heterocycles. The van der Waals surface area contributed by atoms with Crippen LogP contribution in [0.25, 0.3) is 0 Å². The van der Waals surface area contributed by atoms with E-state index in [4.69, 9.17) is 14.2 Å². The third-order valence-electron chi connectivity index (χ3n) is 7.50. The number of hydrogen-bond acceptors (Lipinski definition) is 5. The fourth-order valence-corrected chi connectivity index (χ4v) is 5.85. The number of hydrogen-bond donors (Lipinski definition) is 1. The summed E-state index contributed by atoms with van der Waals surface area (Å²) in [7, 11) is 0. The molecule has 0 saturated carbocycles. The molecular formula is C26H35N3O4. The first kappa shape index (κ1) is 22.3. The molecule has 1 aromatic heterocycles. The van der Waals surface area contributed by atoms with Crippen molar-refractivity contribution in [3.63, 3.8) is 0 Å². The molecular weight excluding hydrogens is 418 g/mol. The van der Waals surface area contributed by atoms with Crippen molar-refractivity contribution < 1.29 is 19.0 Å². The first-order chi connectivity index (χ1) is 16.0. The van der Waals surface area contributed by atoms with Crippen molar-refractivity contribution in [1.82, 2.24) is 15.1 Å². The summed E-state index contributed by atoms with van der Waals surface area (Å²) in [6.45, 7) is 7.68. The van der Waals surface area contributed by atoms with Gasteiger partial charge in [-0.3, -0.25) is 9.89 Å². The summed E-state index contributed by atoms with van der Waals surface area (Å²) in [4.78, 5) is 15.3. The molecule has 178 valence electrons. The Kier molecular flexibility index (Phi) is 6.08. The molecule has 0 bridgehead atoms. The fourth-order valence-electron chi connectivity index (χ4n) is 5.85. The third-order valence-corrected chi connectivity index (χ3v) is 7.50. The minimum atomic E-state index is -0.413. The molecule has 7 nitrogen and oxygen atoms in total. The molecule has 2 fully saturated rings. The topological polar surface area (TPSA) is 76.7 Å². The van der Waals surface area contributed by atoms with Gasteiger partial charge in [0.15, 0.2) is 11.5 Å². The third kappa shape index (κ3) is 4.23. The maximum atomic E-state index is 13.2. The highest BCUT2D eigenvalue weighted by Gasteiger charge is 2.53. The first-order valence-corrected chi connectivity index (χ1v) is 12.3. The number of piperidine rings is 1. The van der Waals surface area contributed by atoms with Gasteiger partial charge in [0.05, 0.1) is 31.1 Å². The molecule has 3 aliphatic rings. The molecule has 3 aliphatic heterocycles. The fraction of sp³-hybridized carbons (Fsp3) is 0.615. The van der Waals surface area contributed by atoms with Crippen LogP contribution in [0.2, 0.25) is 0 Å². The van der Waals surface area contributed by atoms with Gasteiger partial charge in [-0.2, -0.15) is 5.10 Å². The zero-order valence-electron chi connectivity index (χ0n) is 19.9. The van der Waals surface area contributed by atoms with Crippen molar-refractivity contribution in [2.24, 2.45) is 5.92 Å². The minimum absolute atomic E-state index is 0.0402. The van der Waals surface area contributed by atoms with Crippen molar-refractivity contribution in [2.75, 3.05) is 13.2 Å². The van der Waals surface area contributed by atoms with Crippen molar-refractivity contribution in [3.05, 3.63) is 41.7 Å². The van der Waals surface area contributed by atoms with Crippen LogP contribution in [0, 0.1) is 5.92 Å². The van der Waals surface area contributed by atoms with Gasteiger partial charge in [0.2, 0.25) is 5.91 Å². The molecule has 1 N–H and O–H groups in total. The number of rotatable bonds is 6. The maximum Gasteiger partial charge on any atom is 0.222 e. The van der Waals surface area contributed by atoms with E-state index in [0.29, 0.717) is 13.0 Å². The second-order valence-corrected chi connectivity index (χ2v) is 10.0. The minimum Gasteiger partial charge on any atom is -0.490 e. The Bertz CT molecular complexity index is 974. The van der Waals surface area contributed by atoms with E-state index in [1.807, 2.05) is 31.5 Å². The number of fused-ring (bicyclic) bond motifs is 4. The van der Waals surface area contributed by atoms with E-state index in [9.17, 15) is 4.79 Å². The highest BCUT2D eigenvalue weighted by atomic mass is 16.5. The van der Waals surface area contributed by atoms with Crippen LogP contribution in [-0.4, -0.2) is 51.9 Å². The molecule has 0 unspecified atom stereocenters. The van der Waals surface area contributed by atoms with Crippen LogP contribution in [0.1, 0.15) is 70.1 Å². The Morgan fingerprint density at radius 1 is 1.36 bits per heavy atom. The van der Waals surface area contributed by atoms with Gasteiger partial charge in [-0.15, -0.1) is 0 Å². The molecule has 2 aromatic rings. The number of amides is 1. The summed E-state index contributed by atoms with van der Waals surface area (Å²) in [5.74, 6) is 2.00. The average Bonchev–Trinajstić information content (AvgIpc) is 3.32. The molecule has 0 radical (unpaired) electrons. The molecule has 1 amide bonds. The van der Waals surface area contributed by atoms with Crippen LogP contribution in [0.3, 0.4) is 0 Å². The zero-order valence-corrected chi connectivity index (χ0v) is 19.9. The van der Waals surface area contributed by atoms with Crippen molar-refractivity contribution in [2.45, 2.75) is 83.1 Å². The number of aryl methyl sites for hydroxylation is 1. The summed E-state index contributed by atoms with van der Waals surface area (Å²) >= 11 is 0. The molecule has 4 atom stereocenters. The summed E-state index contributed by atoms with van der Waals surface area (Å²) in [6.07, 6.45) is 8.89. The standard InChI is InChI=1S/C26H35N3O4/c1-4-31-22-10-6-9-18-24-19(26(2,3)33-25(18)22)14-20-21(32-24)11-7-13-29(20)23(30)12-5-8-17-15-27-28-16-17/h6,9-10,15-16,19-21,24H,4-5,7-8,11-14H2,1-3H3,(H,27,28)/t19-,20-,21-,24+/m1/s1. The molecule has 33 heavy (non-hydrogen) atoms. The summed E-state index contributed by atoms with van der Waals surface area (Å²) in [5.41, 5.74) is 1.81. The highest BCUT2D eigenvalue weighted by Crippen LogP contribution is 2.54. The van der Waals surface area contributed by atoms with Gasteiger partial charge in [-0.05, 0) is 64.5 Å². The van der Waals surface area contributed by atoms with Crippen LogP contribution in [0.15, 0.2) is 30.6 Å². The average molecular weight is 454 g/mol. The molecule has 4 heterocycles. The number of aromatic amines is 1. The summed E-state index contributed by atoms with van der Waals surface area (Å²) < 4.78 is 19.2. The van der Waals surface area contributed by atoms with Crippen molar-refractivity contribution in [3.8, 4) is 11.5 Å². The quantitative estimate of drug-likeness (QED) is 0.700. The van der Waals surface area contributed by atoms with Crippen molar-refractivity contribution >= 4 is 5.91 Å². The van der Waals surface area contributed by atoms with Crippen LogP contribution >= 0.6 is 0 Å². The number of H-pyrrole nitrogens is 1. The van der Waals surface area contributed by atoms with Gasteiger partial charge in [0, 0.05) is 30.6 Å². The molecule has 7 heteroatoms. The molecule has 1 aromatic carbocycles. The Labute approximate surface area is 195 Å². The predicted molar refractivity (Wildman–Crippen MR) is 124 cm³/mol. The zero-order chi connectivity index (χ0) is 23.0. The molecule has 0 spiro atoms. The number of carbonyl (C=O) groups excluding carboxylic acids is 1. The smallest absolute Gasteiger partial charge is 0.222 e. The number of para-hydroxylation sites is 1. The van der Waals surface area contributed by atoms with E-state index in [0.717, 1.165) is 61.3 Å². The van der Waals surface area contributed by atoms with E-state index in [1.165, 1.54) is 0 Å². The number of carbonyl (C=O) groups is 1. The van der Waals surface area contributed by atoms with Gasteiger partial charge >= 0.3 is 0 Å². The lowest BCUT2D eigenvalue weighted by Gasteiger charge is -2.54. The van der Waals surface area contributed by atoms with Gasteiger partial charge in [0.25, 0.3) is 0 Å². The normalized spacial score (nSPS) is 27.7. The van der Waals surface area contributed by atoms with Crippen LogP contribution in [0.4, 0.5) is 0 Å². The van der Waals surface area contributed by atoms with Gasteiger partial charge in [-0.1, -0.05) is 12.1 Å². The van der Waals surface area contributed by atoms with Crippen LogP contribution in [-0.2, 0) is 16.0 Å². The summed E-state index contributed by atoms with van der Waals surface area (Å²) in [6, 6.07) is 6.21. The first-order valence-electron chi connectivity index (χ1n) is 12.3. The lowest BCUT2D eigenvalue weighted by Crippen LogP contribution is -2.60. The van der Waals surface area contributed by atoms with E-state index in [1.54, 1.807) is 0 Å². The Morgan fingerprint density at radius 3 is 3.03 bits per heavy atom. The van der Waals surface area contributed by atoms with Gasteiger partial charge < -0.3 is 19.1 Å². The summed E-state index contributed by atoms with van der Waals surface area (Å²) in [5, 5.41) is 6.83. The number of aromatic nitrogens is 2. The number of benzene rings is 1. The lowest BCUT2D eigenvalue weighted by atomic mass is 9.72. The number of nitrogens with zero attached hydrogens (tertiary/aromatic N) is 2. The number of ether oxygens (including phenoxy) is 3.